The van der Waals surface area contributed by atoms with Gasteiger partial charge >= 0.3 is 0 Å². The highest BCUT2D eigenvalue weighted by Crippen LogP contribution is 2.51. The Balaban J connectivity index is 2.20. The van der Waals surface area contributed by atoms with Crippen molar-refractivity contribution in [1.29, 1.82) is 0 Å². The topological polar surface area (TPSA) is 58.2 Å². The van der Waals surface area contributed by atoms with Crippen molar-refractivity contribution in [3.8, 4) is 19.5 Å². The molecule has 0 bridgehead atoms. The van der Waals surface area contributed by atoms with E-state index in [-0.39, 0.29) is 11.8 Å². The van der Waals surface area contributed by atoms with Gasteiger partial charge < -0.3 is 10.6 Å². The second kappa shape index (κ2) is 8.05. The molecule has 2 amide bonds. The molecule has 0 saturated carbocycles. The molecule has 3 aromatic rings. The highest BCUT2D eigenvalue weighted by Gasteiger charge is 2.30. The Bertz CT molecular complexity index is 921. The first-order valence-corrected chi connectivity index (χ1v) is 11.9. The number of thiophene rings is 3. The van der Waals surface area contributed by atoms with Gasteiger partial charge in [-0.05, 0) is 22.9 Å². The molecule has 2 N–H and O–H groups in total. The number of nitrogens with one attached hydrogen (secondary N) is 2. The quantitative estimate of drug-likeness (QED) is 0.446. The molecule has 154 valence electrons. The molecule has 0 aliphatic rings. The minimum absolute atomic E-state index is 0.0860. The van der Waals surface area contributed by atoms with Gasteiger partial charge in [0.25, 0.3) is 0 Å². The maximum Gasteiger partial charge on any atom is 0.229 e. The number of carbonyl (C=O) groups is 2. The van der Waals surface area contributed by atoms with Gasteiger partial charge in [0.1, 0.15) is 0 Å². The maximum atomic E-state index is 12.9. The van der Waals surface area contributed by atoms with Crippen molar-refractivity contribution < 1.29 is 9.59 Å². The summed E-state index contributed by atoms with van der Waals surface area (Å²) in [5.74, 6) is -0.172. The fourth-order valence-electron chi connectivity index (χ4n) is 2.43. The summed E-state index contributed by atoms with van der Waals surface area (Å²) in [6.45, 7) is 11.3. The predicted octanol–water partition coefficient (Wildman–Crippen LogP) is 7.17. The third-order valence-corrected chi connectivity index (χ3v) is 7.53. The van der Waals surface area contributed by atoms with Crippen LogP contribution >= 0.6 is 34.0 Å². The van der Waals surface area contributed by atoms with Crippen LogP contribution in [0.25, 0.3) is 19.5 Å². The fraction of sp³-hybridized carbons (Fsp3) is 0.364. The van der Waals surface area contributed by atoms with E-state index in [2.05, 4.69) is 10.6 Å². The summed E-state index contributed by atoms with van der Waals surface area (Å²) >= 11 is 4.83. The van der Waals surface area contributed by atoms with Crippen LogP contribution in [0.3, 0.4) is 0 Å². The molecular weight excluding hydrogens is 420 g/mol. The summed E-state index contributed by atoms with van der Waals surface area (Å²) < 4.78 is 0. The summed E-state index contributed by atoms with van der Waals surface area (Å²) in [7, 11) is 0. The van der Waals surface area contributed by atoms with Gasteiger partial charge in [-0.2, -0.15) is 0 Å². The van der Waals surface area contributed by atoms with Crippen molar-refractivity contribution in [2.75, 3.05) is 10.6 Å². The standard InChI is InChI=1S/C22H26N2O2S3/c1-21(2,3)19(25)23-15-16(24-20(26)22(4,5)6)18(14-10-8-12-28-14)29-17(15)13-9-7-11-27-13/h7-12H,1-6H3,(H,23,25)(H,24,26). The first-order chi connectivity index (χ1) is 13.5. The third kappa shape index (κ3) is 4.79. The van der Waals surface area contributed by atoms with E-state index in [4.69, 9.17) is 0 Å². The third-order valence-electron chi connectivity index (χ3n) is 4.24. The van der Waals surface area contributed by atoms with Crippen LogP contribution in [-0.4, -0.2) is 11.8 Å². The Morgan fingerprint density at radius 2 is 1.10 bits per heavy atom. The van der Waals surface area contributed by atoms with Gasteiger partial charge in [0.05, 0.1) is 21.1 Å². The molecule has 0 atom stereocenters. The van der Waals surface area contributed by atoms with E-state index < -0.39 is 10.8 Å². The van der Waals surface area contributed by atoms with Crippen molar-refractivity contribution >= 4 is 57.2 Å². The monoisotopic (exact) mass is 446 g/mol. The zero-order valence-electron chi connectivity index (χ0n) is 17.5. The number of hydrogen-bond acceptors (Lipinski definition) is 5. The highest BCUT2D eigenvalue weighted by atomic mass is 32.1. The molecule has 3 heterocycles. The minimum Gasteiger partial charge on any atom is -0.323 e. The molecule has 0 aromatic carbocycles. The molecule has 29 heavy (non-hydrogen) atoms. The molecule has 0 unspecified atom stereocenters. The van der Waals surface area contributed by atoms with Crippen molar-refractivity contribution in [2.45, 2.75) is 41.5 Å². The Labute approximate surface area is 184 Å². The SMILES string of the molecule is CC(C)(C)C(=O)Nc1c(-c2cccs2)sc(-c2cccs2)c1NC(=O)C(C)(C)C. The van der Waals surface area contributed by atoms with Crippen LogP contribution in [-0.2, 0) is 9.59 Å². The molecule has 3 rings (SSSR count). The maximum absolute atomic E-state index is 12.9. The van der Waals surface area contributed by atoms with E-state index >= 15 is 0 Å². The highest BCUT2D eigenvalue weighted by molar-refractivity contribution is 7.27. The Hall–Kier alpha value is -1.96. The lowest BCUT2D eigenvalue weighted by Crippen LogP contribution is -2.30. The Morgan fingerprint density at radius 3 is 1.38 bits per heavy atom. The van der Waals surface area contributed by atoms with Gasteiger partial charge in [-0.15, -0.1) is 34.0 Å². The average molecular weight is 447 g/mol. The second-order valence-electron chi connectivity index (χ2n) is 8.87. The van der Waals surface area contributed by atoms with E-state index in [1.54, 1.807) is 34.0 Å². The van der Waals surface area contributed by atoms with Crippen LogP contribution in [0.1, 0.15) is 41.5 Å². The van der Waals surface area contributed by atoms with Gasteiger partial charge in [0, 0.05) is 20.6 Å². The first-order valence-electron chi connectivity index (χ1n) is 9.36. The predicted molar refractivity (Wildman–Crippen MR) is 127 cm³/mol. The average Bonchev–Trinajstić information content (AvgIpc) is 3.34. The van der Waals surface area contributed by atoms with Gasteiger partial charge in [-0.1, -0.05) is 53.7 Å². The Morgan fingerprint density at radius 1 is 0.724 bits per heavy atom. The van der Waals surface area contributed by atoms with Crippen LogP contribution < -0.4 is 10.6 Å². The molecule has 3 aromatic heterocycles. The number of rotatable bonds is 4. The largest absolute Gasteiger partial charge is 0.323 e. The molecule has 0 fully saturated rings. The van der Waals surface area contributed by atoms with Gasteiger partial charge in [0.2, 0.25) is 11.8 Å². The minimum atomic E-state index is -0.553. The lowest BCUT2D eigenvalue weighted by molar-refractivity contribution is -0.124. The van der Waals surface area contributed by atoms with Crippen molar-refractivity contribution in [1.82, 2.24) is 0 Å². The van der Waals surface area contributed by atoms with Crippen molar-refractivity contribution in [3.63, 3.8) is 0 Å². The molecule has 0 spiro atoms. The zero-order chi connectivity index (χ0) is 21.4. The number of anilines is 2. The summed E-state index contributed by atoms with van der Waals surface area (Å²) in [5, 5.41) is 10.3. The molecule has 0 aliphatic heterocycles. The van der Waals surface area contributed by atoms with E-state index in [1.165, 1.54) is 0 Å². The van der Waals surface area contributed by atoms with Gasteiger partial charge in [-0.25, -0.2) is 0 Å². The Kier molecular flexibility index (Phi) is 6.03. The van der Waals surface area contributed by atoms with Gasteiger partial charge in [-0.3, -0.25) is 9.59 Å². The van der Waals surface area contributed by atoms with Gasteiger partial charge in [0.15, 0.2) is 0 Å². The fourth-order valence-corrected chi connectivity index (χ4v) is 5.36. The summed E-state index contributed by atoms with van der Waals surface area (Å²) in [6.07, 6.45) is 0. The molecule has 0 radical (unpaired) electrons. The summed E-state index contributed by atoms with van der Waals surface area (Å²) in [5.41, 5.74) is 0.253. The first kappa shape index (κ1) is 21.7. The van der Waals surface area contributed by atoms with E-state index in [0.717, 1.165) is 19.5 Å². The van der Waals surface area contributed by atoms with E-state index in [9.17, 15) is 9.59 Å². The van der Waals surface area contributed by atoms with E-state index in [0.29, 0.717) is 11.4 Å². The molecule has 4 nitrogen and oxygen atoms in total. The van der Waals surface area contributed by atoms with Crippen LogP contribution in [0.4, 0.5) is 11.4 Å². The number of amides is 2. The van der Waals surface area contributed by atoms with E-state index in [1.807, 2.05) is 76.6 Å². The van der Waals surface area contributed by atoms with Crippen molar-refractivity contribution in [3.05, 3.63) is 35.0 Å². The van der Waals surface area contributed by atoms with Crippen LogP contribution in [0.15, 0.2) is 35.0 Å². The zero-order valence-corrected chi connectivity index (χ0v) is 20.0. The lowest BCUT2D eigenvalue weighted by Gasteiger charge is -2.21. The smallest absolute Gasteiger partial charge is 0.229 e. The molecular formula is C22H26N2O2S3. The van der Waals surface area contributed by atoms with Crippen LogP contribution in [0.2, 0.25) is 0 Å². The number of carbonyl (C=O) groups excluding carboxylic acids is 2. The normalized spacial score (nSPS) is 12.1. The molecule has 7 heteroatoms. The molecule has 0 aliphatic carbocycles. The summed E-state index contributed by atoms with van der Waals surface area (Å²) in [4.78, 5) is 29.8. The summed E-state index contributed by atoms with van der Waals surface area (Å²) in [6, 6.07) is 8.06. The number of hydrogen-bond donors (Lipinski definition) is 2. The molecule has 0 saturated heterocycles. The second-order valence-corrected chi connectivity index (χ2v) is 11.8. The van der Waals surface area contributed by atoms with Crippen LogP contribution in [0.5, 0.6) is 0 Å². The lowest BCUT2D eigenvalue weighted by atomic mass is 9.95. The van der Waals surface area contributed by atoms with Crippen molar-refractivity contribution in [2.24, 2.45) is 10.8 Å². The van der Waals surface area contributed by atoms with Crippen LogP contribution in [0, 0.1) is 10.8 Å².